The largest absolute Gasteiger partial charge is 0.485 e. The van der Waals surface area contributed by atoms with Gasteiger partial charge in [-0.1, -0.05) is 54.2 Å². The van der Waals surface area contributed by atoms with Crippen molar-refractivity contribution in [2.75, 3.05) is 12.4 Å². The predicted molar refractivity (Wildman–Crippen MR) is 113 cm³/mol. The quantitative estimate of drug-likeness (QED) is 0.384. The van der Waals surface area contributed by atoms with Gasteiger partial charge in [-0.05, 0) is 12.1 Å². The number of benzene rings is 2. The van der Waals surface area contributed by atoms with Gasteiger partial charge in [0, 0.05) is 16.7 Å². The minimum absolute atomic E-state index is 0.337. The molecule has 0 saturated heterocycles. The van der Waals surface area contributed by atoms with Crippen molar-refractivity contribution >= 4 is 23.1 Å². The lowest BCUT2D eigenvalue weighted by atomic mass is 10.2. The monoisotopic (exact) mass is 423 g/mol. The maximum Gasteiger partial charge on any atom is 0.210 e. The summed E-state index contributed by atoms with van der Waals surface area (Å²) in [6, 6.07) is 17.7. The van der Waals surface area contributed by atoms with Crippen LogP contribution in [0.15, 0.2) is 65.1 Å². The Morgan fingerprint density at radius 2 is 1.86 bits per heavy atom. The first-order valence-electron chi connectivity index (χ1n) is 8.99. The van der Waals surface area contributed by atoms with E-state index in [2.05, 4.69) is 27.7 Å². The molecule has 0 fully saturated rings. The molecule has 1 aliphatic heterocycles. The average Bonchev–Trinajstić information content (AvgIpc) is 3.39. The van der Waals surface area contributed by atoms with Crippen molar-refractivity contribution in [1.29, 1.82) is 0 Å². The molecular formula is C20H17N5O2S2. The molecule has 9 heteroatoms. The van der Waals surface area contributed by atoms with Crippen molar-refractivity contribution < 1.29 is 9.47 Å². The van der Waals surface area contributed by atoms with Crippen LogP contribution in [-0.4, -0.2) is 26.5 Å². The molecule has 2 aromatic carbocycles. The third-order valence-corrected chi connectivity index (χ3v) is 6.33. The SMILES string of the molecule is Nn1c(SCc2csc(-c3ccccc3)n2)nnc1[C@H]1COc2ccccc2O1. The zero-order valence-electron chi connectivity index (χ0n) is 15.3. The minimum atomic E-state index is -0.402. The molecule has 0 bridgehead atoms. The van der Waals surface area contributed by atoms with E-state index >= 15 is 0 Å². The van der Waals surface area contributed by atoms with E-state index in [1.54, 1.807) is 11.3 Å². The number of para-hydroxylation sites is 2. The topological polar surface area (TPSA) is 88.1 Å². The number of ether oxygens (including phenoxy) is 2. The van der Waals surface area contributed by atoms with Gasteiger partial charge in [-0.2, -0.15) is 0 Å². The fourth-order valence-electron chi connectivity index (χ4n) is 2.98. The summed E-state index contributed by atoms with van der Waals surface area (Å²) in [5.41, 5.74) is 2.10. The zero-order valence-corrected chi connectivity index (χ0v) is 16.9. The lowest BCUT2D eigenvalue weighted by Gasteiger charge is -2.25. The number of thioether (sulfide) groups is 1. The number of nitrogen functional groups attached to an aromatic ring is 1. The Kier molecular flexibility index (Phi) is 4.82. The third-order valence-electron chi connectivity index (χ3n) is 4.41. The molecular weight excluding hydrogens is 406 g/mol. The highest BCUT2D eigenvalue weighted by atomic mass is 32.2. The Balaban J connectivity index is 1.27. The van der Waals surface area contributed by atoms with Crippen LogP contribution in [0.4, 0.5) is 0 Å². The van der Waals surface area contributed by atoms with Gasteiger partial charge in [0.25, 0.3) is 0 Å². The molecule has 4 aromatic rings. The van der Waals surface area contributed by atoms with E-state index < -0.39 is 6.10 Å². The first kappa shape index (κ1) is 18.0. The van der Waals surface area contributed by atoms with Gasteiger partial charge in [-0.25, -0.2) is 9.66 Å². The Bertz CT molecular complexity index is 1130. The van der Waals surface area contributed by atoms with E-state index in [-0.39, 0.29) is 0 Å². The Hall–Kier alpha value is -3.04. The molecule has 0 radical (unpaired) electrons. The van der Waals surface area contributed by atoms with E-state index in [9.17, 15) is 0 Å². The number of thiazole rings is 1. The van der Waals surface area contributed by atoms with Gasteiger partial charge < -0.3 is 15.3 Å². The van der Waals surface area contributed by atoms with Crippen LogP contribution in [0.5, 0.6) is 11.5 Å². The number of hydrogen-bond acceptors (Lipinski definition) is 8. The number of aromatic nitrogens is 4. The van der Waals surface area contributed by atoms with Crippen LogP contribution in [-0.2, 0) is 5.75 Å². The normalized spacial score (nSPS) is 15.4. The third kappa shape index (κ3) is 3.66. The molecule has 0 saturated carbocycles. The lowest BCUT2D eigenvalue weighted by Crippen LogP contribution is -2.27. The first-order chi connectivity index (χ1) is 14.3. The number of fused-ring (bicyclic) bond motifs is 1. The van der Waals surface area contributed by atoms with Gasteiger partial charge >= 0.3 is 0 Å². The maximum atomic E-state index is 6.23. The van der Waals surface area contributed by atoms with Gasteiger partial charge in [0.05, 0.1) is 5.69 Å². The number of rotatable bonds is 5. The predicted octanol–water partition coefficient (Wildman–Crippen LogP) is 3.92. The summed E-state index contributed by atoms with van der Waals surface area (Å²) in [6.45, 7) is 0.337. The summed E-state index contributed by atoms with van der Waals surface area (Å²) in [7, 11) is 0. The number of hydrogen-bond donors (Lipinski definition) is 1. The summed E-state index contributed by atoms with van der Waals surface area (Å²) in [5.74, 6) is 8.82. The zero-order chi connectivity index (χ0) is 19.6. The van der Waals surface area contributed by atoms with Crippen LogP contribution >= 0.6 is 23.1 Å². The molecule has 0 aliphatic carbocycles. The van der Waals surface area contributed by atoms with E-state index in [0.717, 1.165) is 22.0 Å². The Morgan fingerprint density at radius 3 is 2.72 bits per heavy atom. The fourth-order valence-corrected chi connectivity index (χ4v) is 4.67. The number of nitrogens with two attached hydrogens (primary N) is 1. The second-order valence-electron chi connectivity index (χ2n) is 6.37. The van der Waals surface area contributed by atoms with Gasteiger partial charge in [-0.3, -0.25) is 0 Å². The minimum Gasteiger partial charge on any atom is -0.485 e. The van der Waals surface area contributed by atoms with E-state index in [1.165, 1.54) is 16.4 Å². The molecule has 0 spiro atoms. The van der Waals surface area contributed by atoms with E-state index in [0.29, 0.717) is 29.1 Å². The van der Waals surface area contributed by atoms with Crippen LogP contribution < -0.4 is 15.3 Å². The second-order valence-corrected chi connectivity index (χ2v) is 8.17. The first-order valence-corrected chi connectivity index (χ1v) is 10.9. The summed E-state index contributed by atoms with van der Waals surface area (Å²) in [5, 5.41) is 12.1. The molecule has 1 aliphatic rings. The molecule has 7 nitrogen and oxygen atoms in total. The Labute approximate surface area is 175 Å². The second kappa shape index (κ2) is 7.76. The van der Waals surface area contributed by atoms with Gasteiger partial charge in [0.2, 0.25) is 5.16 Å². The molecule has 2 aromatic heterocycles. The van der Waals surface area contributed by atoms with Crippen LogP contribution in [0, 0.1) is 0 Å². The highest BCUT2D eigenvalue weighted by molar-refractivity contribution is 7.98. The van der Waals surface area contributed by atoms with Crippen molar-refractivity contribution in [1.82, 2.24) is 19.9 Å². The molecule has 2 N–H and O–H groups in total. The summed E-state index contributed by atoms with van der Waals surface area (Å²) in [4.78, 5) is 4.70. The van der Waals surface area contributed by atoms with Gasteiger partial charge in [-0.15, -0.1) is 21.5 Å². The molecule has 0 amide bonds. The van der Waals surface area contributed by atoms with Crippen molar-refractivity contribution in [3.8, 4) is 22.1 Å². The molecule has 29 heavy (non-hydrogen) atoms. The van der Waals surface area contributed by atoms with Crippen LogP contribution in [0.2, 0.25) is 0 Å². The van der Waals surface area contributed by atoms with Crippen LogP contribution in [0.25, 0.3) is 10.6 Å². The van der Waals surface area contributed by atoms with E-state index in [4.69, 9.17) is 20.3 Å². The van der Waals surface area contributed by atoms with E-state index in [1.807, 2.05) is 42.5 Å². The Morgan fingerprint density at radius 1 is 1.07 bits per heavy atom. The van der Waals surface area contributed by atoms with Crippen molar-refractivity contribution in [2.24, 2.45) is 0 Å². The van der Waals surface area contributed by atoms with Gasteiger partial charge in [0.15, 0.2) is 23.4 Å². The average molecular weight is 424 g/mol. The standard InChI is InChI=1S/C20H17N5O2S2/c21-25-18(17-10-26-15-8-4-5-9-16(15)27-17)23-24-20(25)29-12-14-11-28-19(22-14)13-6-2-1-3-7-13/h1-9,11,17H,10,12,21H2/t17-/m1/s1. The maximum absolute atomic E-state index is 6.23. The van der Waals surface area contributed by atoms with Crippen molar-refractivity contribution in [3.63, 3.8) is 0 Å². The smallest absolute Gasteiger partial charge is 0.210 e. The molecule has 1 atom stereocenters. The summed E-state index contributed by atoms with van der Waals surface area (Å²) >= 11 is 3.12. The highest BCUT2D eigenvalue weighted by Gasteiger charge is 2.28. The van der Waals surface area contributed by atoms with Crippen LogP contribution in [0.1, 0.15) is 17.6 Å². The highest BCUT2D eigenvalue weighted by Crippen LogP contribution is 2.36. The molecule has 5 rings (SSSR count). The van der Waals surface area contributed by atoms with Gasteiger partial charge in [0.1, 0.15) is 11.6 Å². The van der Waals surface area contributed by atoms with Crippen molar-refractivity contribution in [2.45, 2.75) is 17.0 Å². The molecule has 146 valence electrons. The molecule has 3 heterocycles. The summed E-state index contributed by atoms with van der Waals surface area (Å²) < 4.78 is 13.2. The van der Waals surface area contributed by atoms with Crippen molar-refractivity contribution in [3.05, 3.63) is 71.5 Å². The molecule has 0 unspecified atom stereocenters. The lowest BCUT2D eigenvalue weighted by molar-refractivity contribution is 0.0830. The fraction of sp³-hybridized carbons (Fsp3) is 0.150. The summed E-state index contributed by atoms with van der Waals surface area (Å²) in [6.07, 6.45) is -0.402. The number of nitrogens with zero attached hydrogens (tertiary/aromatic N) is 4. The van der Waals surface area contributed by atoms with Crippen LogP contribution in [0.3, 0.4) is 0 Å².